The van der Waals surface area contributed by atoms with Crippen molar-refractivity contribution in [2.24, 2.45) is 0 Å². The molecule has 0 bridgehead atoms. The number of carboxylic acids is 1. The standard InChI is InChI=1S/C15H20BrNO3/c1-20-14-7-6-11(9-12(14)16)10-17-8-4-2-3-5-13(17)15(18)19/h6-7,9,13H,2-5,8,10H2,1H3,(H,18,19). The van der Waals surface area contributed by atoms with E-state index in [0.717, 1.165) is 48.0 Å². The zero-order valence-corrected chi connectivity index (χ0v) is 13.2. The van der Waals surface area contributed by atoms with Gasteiger partial charge in [-0.15, -0.1) is 0 Å². The first-order valence-corrected chi connectivity index (χ1v) is 7.70. The number of nitrogens with zero attached hydrogens (tertiary/aromatic N) is 1. The summed E-state index contributed by atoms with van der Waals surface area (Å²) in [6.07, 6.45) is 3.93. The minimum absolute atomic E-state index is 0.363. The molecule has 1 heterocycles. The lowest BCUT2D eigenvalue weighted by Gasteiger charge is -2.26. The Kier molecular flexibility index (Phi) is 5.43. The van der Waals surface area contributed by atoms with E-state index in [1.54, 1.807) is 7.11 Å². The van der Waals surface area contributed by atoms with Gasteiger partial charge in [0, 0.05) is 6.54 Å². The first-order valence-electron chi connectivity index (χ1n) is 6.91. The van der Waals surface area contributed by atoms with Gasteiger partial charge in [-0.1, -0.05) is 18.9 Å². The van der Waals surface area contributed by atoms with E-state index < -0.39 is 5.97 Å². The van der Waals surface area contributed by atoms with E-state index in [1.807, 2.05) is 18.2 Å². The van der Waals surface area contributed by atoms with Crippen molar-refractivity contribution < 1.29 is 14.6 Å². The van der Waals surface area contributed by atoms with E-state index in [1.165, 1.54) is 0 Å². The summed E-state index contributed by atoms with van der Waals surface area (Å²) < 4.78 is 6.12. The van der Waals surface area contributed by atoms with E-state index >= 15 is 0 Å². The summed E-state index contributed by atoms with van der Waals surface area (Å²) in [6, 6.07) is 5.54. The first-order chi connectivity index (χ1) is 9.61. The molecule has 0 aliphatic carbocycles. The minimum atomic E-state index is -0.709. The van der Waals surface area contributed by atoms with Gasteiger partial charge in [-0.3, -0.25) is 9.69 Å². The number of ether oxygens (including phenoxy) is 1. The highest BCUT2D eigenvalue weighted by Gasteiger charge is 2.27. The Morgan fingerprint density at radius 1 is 1.45 bits per heavy atom. The van der Waals surface area contributed by atoms with Crippen molar-refractivity contribution in [2.75, 3.05) is 13.7 Å². The fourth-order valence-corrected chi connectivity index (χ4v) is 3.27. The van der Waals surface area contributed by atoms with Gasteiger partial charge < -0.3 is 9.84 Å². The van der Waals surface area contributed by atoms with Crippen molar-refractivity contribution in [3.63, 3.8) is 0 Å². The highest BCUT2D eigenvalue weighted by atomic mass is 79.9. The molecule has 0 radical (unpaired) electrons. The highest BCUT2D eigenvalue weighted by Crippen LogP contribution is 2.27. The van der Waals surface area contributed by atoms with Gasteiger partial charge in [0.25, 0.3) is 0 Å². The van der Waals surface area contributed by atoms with Crippen LogP contribution in [0.25, 0.3) is 0 Å². The van der Waals surface area contributed by atoms with Crippen molar-refractivity contribution in [3.8, 4) is 5.75 Å². The molecule has 0 amide bonds. The molecule has 1 aliphatic rings. The third kappa shape index (κ3) is 3.73. The molecule has 4 nitrogen and oxygen atoms in total. The van der Waals surface area contributed by atoms with Crippen molar-refractivity contribution >= 4 is 21.9 Å². The van der Waals surface area contributed by atoms with Gasteiger partial charge in [-0.25, -0.2) is 0 Å². The Balaban J connectivity index is 2.13. The number of aliphatic carboxylic acids is 1. The third-order valence-corrected chi connectivity index (χ3v) is 4.37. The number of benzene rings is 1. The van der Waals surface area contributed by atoms with Crippen LogP contribution in [0, 0.1) is 0 Å². The quantitative estimate of drug-likeness (QED) is 0.912. The molecule has 1 saturated heterocycles. The third-order valence-electron chi connectivity index (χ3n) is 3.75. The van der Waals surface area contributed by atoms with Crippen LogP contribution in [0.4, 0.5) is 0 Å². The van der Waals surface area contributed by atoms with E-state index in [9.17, 15) is 9.90 Å². The van der Waals surface area contributed by atoms with Crippen molar-refractivity contribution in [1.82, 2.24) is 4.90 Å². The monoisotopic (exact) mass is 341 g/mol. The summed E-state index contributed by atoms with van der Waals surface area (Å²) in [5.74, 6) is 0.0823. The van der Waals surface area contributed by atoms with E-state index in [2.05, 4.69) is 20.8 Å². The molecule has 110 valence electrons. The number of rotatable bonds is 4. The van der Waals surface area contributed by atoms with Crippen LogP contribution in [-0.2, 0) is 11.3 Å². The van der Waals surface area contributed by atoms with Crippen LogP contribution in [0.1, 0.15) is 31.2 Å². The van der Waals surface area contributed by atoms with Crippen LogP contribution in [-0.4, -0.2) is 35.7 Å². The molecule has 1 unspecified atom stereocenters. The number of likely N-dealkylation sites (tertiary alicyclic amines) is 1. The van der Waals surface area contributed by atoms with E-state index in [-0.39, 0.29) is 6.04 Å². The maximum Gasteiger partial charge on any atom is 0.320 e. The van der Waals surface area contributed by atoms with Gasteiger partial charge in [0.1, 0.15) is 11.8 Å². The molecule has 1 aromatic rings. The molecular formula is C15H20BrNO3. The second-order valence-electron chi connectivity index (χ2n) is 5.14. The average Bonchev–Trinajstić information content (AvgIpc) is 2.64. The average molecular weight is 342 g/mol. The molecule has 2 rings (SSSR count). The first kappa shape index (κ1) is 15.3. The highest BCUT2D eigenvalue weighted by molar-refractivity contribution is 9.10. The van der Waals surface area contributed by atoms with Gasteiger partial charge in [-0.05, 0) is 53.0 Å². The Morgan fingerprint density at radius 3 is 2.90 bits per heavy atom. The summed E-state index contributed by atoms with van der Waals surface area (Å²) in [4.78, 5) is 13.5. The lowest BCUT2D eigenvalue weighted by Crippen LogP contribution is -2.40. The summed E-state index contributed by atoms with van der Waals surface area (Å²) in [5.41, 5.74) is 1.10. The zero-order chi connectivity index (χ0) is 14.5. The van der Waals surface area contributed by atoms with Crippen LogP contribution >= 0.6 is 15.9 Å². The maximum atomic E-state index is 11.4. The van der Waals surface area contributed by atoms with Gasteiger partial charge in [0.15, 0.2) is 0 Å². The van der Waals surface area contributed by atoms with Gasteiger partial charge in [-0.2, -0.15) is 0 Å². The Morgan fingerprint density at radius 2 is 2.25 bits per heavy atom. The topological polar surface area (TPSA) is 49.8 Å². The smallest absolute Gasteiger partial charge is 0.320 e. The van der Waals surface area contributed by atoms with E-state index in [0.29, 0.717) is 6.54 Å². The van der Waals surface area contributed by atoms with E-state index in [4.69, 9.17) is 4.74 Å². The molecule has 0 spiro atoms. The second kappa shape index (κ2) is 7.09. The Labute approximate surface area is 127 Å². The number of hydrogen-bond acceptors (Lipinski definition) is 3. The molecule has 1 atom stereocenters. The lowest BCUT2D eigenvalue weighted by molar-refractivity contribution is -0.143. The Bertz CT molecular complexity index is 478. The van der Waals surface area contributed by atoms with Crippen LogP contribution in [0.15, 0.2) is 22.7 Å². The largest absolute Gasteiger partial charge is 0.496 e. The number of methoxy groups -OCH3 is 1. The van der Waals surface area contributed by atoms with Gasteiger partial charge in [0.05, 0.1) is 11.6 Å². The molecule has 5 heteroatoms. The molecular weight excluding hydrogens is 322 g/mol. The summed E-state index contributed by atoms with van der Waals surface area (Å²) in [7, 11) is 1.63. The molecule has 1 N–H and O–H groups in total. The van der Waals surface area contributed by atoms with Crippen molar-refractivity contribution in [3.05, 3.63) is 28.2 Å². The van der Waals surface area contributed by atoms with Gasteiger partial charge in [0.2, 0.25) is 0 Å². The molecule has 1 fully saturated rings. The van der Waals surface area contributed by atoms with Crippen LogP contribution < -0.4 is 4.74 Å². The van der Waals surface area contributed by atoms with Crippen LogP contribution in [0.3, 0.4) is 0 Å². The van der Waals surface area contributed by atoms with Crippen LogP contribution in [0.5, 0.6) is 5.75 Å². The molecule has 20 heavy (non-hydrogen) atoms. The molecule has 1 aromatic carbocycles. The predicted molar refractivity (Wildman–Crippen MR) is 81.0 cm³/mol. The Hall–Kier alpha value is -1.07. The number of halogens is 1. The number of carbonyl (C=O) groups is 1. The fraction of sp³-hybridized carbons (Fsp3) is 0.533. The summed E-state index contributed by atoms with van der Waals surface area (Å²) in [6.45, 7) is 1.51. The number of hydrogen-bond donors (Lipinski definition) is 1. The minimum Gasteiger partial charge on any atom is -0.496 e. The second-order valence-corrected chi connectivity index (χ2v) is 6.00. The number of carboxylic acid groups (broad SMARTS) is 1. The fourth-order valence-electron chi connectivity index (χ4n) is 2.68. The zero-order valence-electron chi connectivity index (χ0n) is 11.6. The predicted octanol–water partition coefficient (Wildman–Crippen LogP) is 3.29. The SMILES string of the molecule is COc1ccc(CN2CCCCCC2C(=O)O)cc1Br. The summed E-state index contributed by atoms with van der Waals surface area (Å²) >= 11 is 3.47. The normalized spacial score (nSPS) is 20.4. The van der Waals surface area contributed by atoms with Crippen molar-refractivity contribution in [2.45, 2.75) is 38.3 Å². The maximum absolute atomic E-state index is 11.4. The molecule has 0 saturated carbocycles. The lowest BCUT2D eigenvalue weighted by atomic mass is 10.1. The van der Waals surface area contributed by atoms with Crippen molar-refractivity contribution in [1.29, 1.82) is 0 Å². The molecule has 1 aliphatic heterocycles. The van der Waals surface area contributed by atoms with Crippen LogP contribution in [0.2, 0.25) is 0 Å². The molecule has 0 aromatic heterocycles. The summed E-state index contributed by atoms with van der Waals surface area (Å²) in [5, 5.41) is 9.38. The van der Waals surface area contributed by atoms with Gasteiger partial charge >= 0.3 is 5.97 Å².